The normalized spacial score (nSPS) is 26.1. The molecule has 0 amide bonds. The first-order valence-electron chi connectivity index (χ1n) is 6.50. The van der Waals surface area contributed by atoms with E-state index >= 15 is 0 Å². The van der Waals surface area contributed by atoms with Gasteiger partial charge in [0.25, 0.3) is 0 Å². The molecule has 0 spiro atoms. The molecular formula is C13H22N4. The molecule has 1 aromatic heterocycles. The predicted octanol–water partition coefficient (Wildman–Crippen LogP) is 1.52. The quantitative estimate of drug-likeness (QED) is 0.861. The van der Waals surface area contributed by atoms with Crippen LogP contribution in [0.5, 0.6) is 0 Å². The van der Waals surface area contributed by atoms with E-state index in [-0.39, 0.29) is 0 Å². The molecule has 2 unspecified atom stereocenters. The highest BCUT2D eigenvalue weighted by Gasteiger charge is 2.31. The van der Waals surface area contributed by atoms with Crippen LogP contribution in [0.4, 0.5) is 0 Å². The molecule has 1 aliphatic rings. The molecule has 0 saturated carbocycles. The Bertz CT molecular complexity index is 354. The molecule has 1 aliphatic heterocycles. The van der Waals surface area contributed by atoms with Gasteiger partial charge in [0.15, 0.2) is 0 Å². The minimum Gasteiger partial charge on any atom is -0.330 e. The highest BCUT2D eigenvalue weighted by atomic mass is 15.2. The zero-order chi connectivity index (χ0) is 12.3. The summed E-state index contributed by atoms with van der Waals surface area (Å²) in [6, 6.07) is 2.41. The lowest BCUT2D eigenvalue weighted by atomic mass is 9.87. The van der Waals surface area contributed by atoms with Crippen molar-refractivity contribution in [1.82, 2.24) is 14.9 Å². The van der Waals surface area contributed by atoms with Crippen molar-refractivity contribution in [2.24, 2.45) is 11.7 Å². The maximum Gasteiger partial charge on any atom is 0.125 e. The molecule has 1 aromatic rings. The van der Waals surface area contributed by atoms with E-state index in [0.717, 1.165) is 31.2 Å². The average Bonchev–Trinajstić information content (AvgIpc) is 2.37. The minimum atomic E-state index is 0.375. The molecule has 0 radical (unpaired) electrons. The maximum absolute atomic E-state index is 5.92. The number of likely N-dealkylation sites (tertiary alicyclic amines) is 1. The summed E-state index contributed by atoms with van der Waals surface area (Å²) >= 11 is 0. The standard InChI is InChI=1S/C13H22N4/c1-3-17-8-4-5-11(9-14)13(17)12-6-7-15-10(2)16-12/h6-7,11,13H,3-5,8-9,14H2,1-2H3. The van der Waals surface area contributed by atoms with Gasteiger partial charge < -0.3 is 5.73 Å². The van der Waals surface area contributed by atoms with Gasteiger partial charge in [0, 0.05) is 6.20 Å². The smallest absolute Gasteiger partial charge is 0.125 e. The molecule has 1 fully saturated rings. The van der Waals surface area contributed by atoms with Gasteiger partial charge in [-0.25, -0.2) is 9.97 Å². The maximum atomic E-state index is 5.92. The number of rotatable bonds is 3. The molecule has 0 bridgehead atoms. The molecule has 2 atom stereocenters. The van der Waals surface area contributed by atoms with Crippen molar-refractivity contribution < 1.29 is 0 Å². The Morgan fingerprint density at radius 1 is 1.53 bits per heavy atom. The Morgan fingerprint density at radius 3 is 3.00 bits per heavy atom. The van der Waals surface area contributed by atoms with Crippen LogP contribution < -0.4 is 5.73 Å². The van der Waals surface area contributed by atoms with E-state index in [2.05, 4.69) is 21.8 Å². The third kappa shape index (κ3) is 2.64. The van der Waals surface area contributed by atoms with Crippen LogP contribution in [0, 0.1) is 12.8 Å². The Balaban J connectivity index is 2.29. The van der Waals surface area contributed by atoms with Crippen LogP contribution in [0.1, 0.15) is 37.3 Å². The summed E-state index contributed by atoms with van der Waals surface area (Å²) in [5.74, 6) is 1.37. The minimum absolute atomic E-state index is 0.375. The lowest BCUT2D eigenvalue weighted by Gasteiger charge is -2.40. The molecule has 0 aliphatic carbocycles. The number of aryl methyl sites for hydroxylation is 1. The monoisotopic (exact) mass is 234 g/mol. The van der Waals surface area contributed by atoms with Gasteiger partial charge in [-0.05, 0) is 51.4 Å². The fourth-order valence-electron chi connectivity index (χ4n) is 2.82. The van der Waals surface area contributed by atoms with E-state index < -0.39 is 0 Å². The lowest BCUT2D eigenvalue weighted by molar-refractivity contribution is 0.0986. The van der Waals surface area contributed by atoms with Crippen LogP contribution >= 0.6 is 0 Å². The van der Waals surface area contributed by atoms with Gasteiger partial charge in [0.1, 0.15) is 5.82 Å². The van der Waals surface area contributed by atoms with Crippen LogP contribution in [0.3, 0.4) is 0 Å². The predicted molar refractivity (Wildman–Crippen MR) is 68.5 cm³/mol. The summed E-state index contributed by atoms with van der Waals surface area (Å²) in [7, 11) is 0. The third-order valence-electron chi connectivity index (χ3n) is 3.67. The van der Waals surface area contributed by atoms with E-state index in [1.807, 2.05) is 19.2 Å². The van der Waals surface area contributed by atoms with Crippen LogP contribution in [0.2, 0.25) is 0 Å². The topological polar surface area (TPSA) is 55.0 Å². The Labute approximate surface area is 103 Å². The van der Waals surface area contributed by atoms with Crippen molar-refractivity contribution in [3.63, 3.8) is 0 Å². The molecular weight excluding hydrogens is 212 g/mol. The largest absolute Gasteiger partial charge is 0.330 e. The molecule has 2 heterocycles. The number of nitrogens with two attached hydrogens (primary N) is 1. The van der Waals surface area contributed by atoms with Gasteiger partial charge in [-0.15, -0.1) is 0 Å². The van der Waals surface area contributed by atoms with Crippen LogP contribution in [-0.2, 0) is 0 Å². The third-order valence-corrected chi connectivity index (χ3v) is 3.67. The van der Waals surface area contributed by atoms with Gasteiger partial charge in [-0.1, -0.05) is 6.92 Å². The van der Waals surface area contributed by atoms with E-state index in [1.54, 1.807) is 0 Å². The van der Waals surface area contributed by atoms with E-state index in [4.69, 9.17) is 5.73 Å². The van der Waals surface area contributed by atoms with Gasteiger partial charge in [-0.3, -0.25) is 4.90 Å². The first-order valence-corrected chi connectivity index (χ1v) is 6.50. The number of hydrogen-bond donors (Lipinski definition) is 1. The average molecular weight is 234 g/mol. The number of aromatic nitrogens is 2. The molecule has 2 N–H and O–H groups in total. The van der Waals surface area contributed by atoms with Crippen molar-refractivity contribution in [1.29, 1.82) is 0 Å². The second-order valence-corrected chi connectivity index (χ2v) is 4.74. The highest BCUT2D eigenvalue weighted by molar-refractivity contribution is 5.10. The molecule has 4 nitrogen and oxygen atoms in total. The van der Waals surface area contributed by atoms with Crippen molar-refractivity contribution in [3.8, 4) is 0 Å². The SMILES string of the molecule is CCN1CCCC(CN)C1c1ccnc(C)n1. The Kier molecular flexibility index (Phi) is 4.07. The zero-order valence-corrected chi connectivity index (χ0v) is 10.8. The lowest BCUT2D eigenvalue weighted by Crippen LogP contribution is -2.41. The van der Waals surface area contributed by atoms with Crippen LogP contribution in [0.15, 0.2) is 12.3 Å². The highest BCUT2D eigenvalue weighted by Crippen LogP contribution is 2.34. The second kappa shape index (κ2) is 5.56. The van der Waals surface area contributed by atoms with Crippen LogP contribution in [0.25, 0.3) is 0 Å². The molecule has 2 rings (SSSR count). The molecule has 94 valence electrons. The molecule has 17 heavy (non-hydrogen) atoms. The summed E-state index contributed by atoms with van der Waals surface area (Å²) in [6.45, 7) is 7.11. The first-order chi connectivity index (χ1) is 8.26. The Morgan fingerprint density at radius 2 is 2.35 bits per heavy atom. The summed E-state index contributed by atoms with van der Waals surface area (Å²) < 4.78 is 0. The Hall–Kier alpha value is -1.00. The summed E-state index contributed by atoms with van der Waals surface area (Å²) in [5.41, 5.74) is 7.05. The summed E-state index contributed by atoms with van der Waals surface area (Å²) in [4.78, 5) is 11.2. The van der Waals surface area contributed by atoms with E-state index in [0.29, 0.717) is 12.0 Å². The van der Waals surface area contributed by atoms with Gasteiger partial charge in [0.05, 0.1) is 11.7 Å². The number of nitrogens with zero attached hydrogens (tertiary/aromatic N) is 3. The fourth-order valence-corrected chi connectivity index (χ4v) is 2.82. The van der Waals surface area contributed by atoms with Crippen molar-refractivity contribution >= 4 is 0 Å². The van der Waals surface area contributed by atoms with Crippen molar-refractivity contribution in [3.05, 3.63) is 23.8 Å². The molecule has 1 saturated heterocycles. The molecule has 0 aromatic carbocycles. The van der Waals surface area contributed by atoms with Gasteiger partial charge in [0.2, 0.25) is 0 Å². The first kappa shape index (κ1) is 12.5. The number of hydrogen-bond acceptors (Lipinski definition) is 4. The molecule has 4 heteroatoms. The zero-order valence-electron chi connectivity index (χ0n) is 10.8. The van der Waals surface area contributed by atoms with E-state index in [9.17, 15) is 0 Å². The van der Waals surface area contributed by atoms with E-state index in [1.165, 1.54) is 12.8 Å². The van der Waals surface area contributed by atoms with Gasteiger partial charge in [-0.2, -0.15) is 0 Å². The van der Waals surface area contributed by atoms with Crippen molar-refractivity contribution in [2.45, 2.75) is 32.7 Å². The summed E-state index contributed by atoms with van der Waals surface area (Å²) in [6.07, 6.45) is 4.31. The second-order valence-electron chi connectivity index (χ2n) is 4.74. The summed E-state index contributed by atoms with van der Waals surface area (Å²) in [5, 5.41) is 0. The fraction of sp³-hybridized carbons (Fsp3) is 0.692. The number of piperidine rings is 1. The van der Waals surface area contributed by atoms with Crippen LogP contribution in [-0.4, -0.2) is 34.5 Å². The van der Waals surface area contributed by atoms with Crippen molar-refractivity contribution in [2.75, 3.05) is 19.6 Å². The van der Waals surface area contributed by atoms with Gasteiger partial charge >= 0.3 is 0 Å².